The summed E-state index contributed by atoms with van der Waals surface area (Å²) in [4.78, 5) is 41.4. The Balaban J connectivity index is 2.10. The highest BCUT2D eigenvalue weighted by molar-refractivity contribution is 6.54. The monoisotopic (exact) mass is 510 g/mol. The van der Waals surface area contributed by atoms with Gasteiger partial charge in [0.15, 0.2) is 0 Å². The number of carbonyl (C=O) groups is 3. The third-order valence-corrected chi connectivity index (χ3v) is 6.28. The van der Waals surface area contributed by atoms with Crippen molar-refractivity contribution in [3.8, 4) is 0 Å². The van der Waals surface area contributed by atoms with Crippen molar-refractivity contribution in [2.75, 3.05) is 17.3 Å². The molecular weight excluding hydrogens is 491 g/mol. The number of aliphatic hydroxyl groups excluding tert-OH is 1. The van der Waals surface area contributed by atoms with Gasteiger partial charge in [-0.15, -0.1) is 0 Å². The molecule has 0 aliphatic carbocycles. The highest BCUT2D eigenvalue weighted by Crippen LogP contribution is 2.44. The molecule has 4 rings (SSSR count). The zero-order valence-electron chi connectivity index (χ0n) is 18.7. The number of amides is 1. The SMILES string of the molecule is COC(=O)C1(Nc2c(Cl)cccc2Cl)C(=C(O)c2ccc(C)cc2)C(=O)C(=O)N1c1ccccc1. The lowest BCUT2D eigenvalue weighted by atomic mass is 9.93. The maximum Gasteiger partial charge on any atom is 0.358 e. The summed E-state index contributed by atoms with van der Waals surface area (Å²) in [6.45, 7) is 1.86. The molecule has 1 saturated heterocycles. The zero-order valence-corrected chi connectivity index (χ0v) is 20.2. The summed E-state index contributed by atoms with van der Waals surface area (Å²) in [6.07, 6.45) is 0. The lowest BCUT2D eigenvalue weighted by Gasteiger charge is -2.37. The summed E-state index contributed by atoms with van der Waals surface area (Å²) in [5.74, 6) is -3.74. The van der Waals surface area contributed by atoms with Crippen LogP contribution in [0, 0.1) is 6.92 Å². The van der Waals surface area contributed by atoms with E-state index in [0.717, 1.165) is 17.6 Å². The fraction of sp³-hybridized carbons (Fsp3) is 0.115. The van der Waals surface area contributed by atoms with Gasteiger partial charge in [-0.05, 0) is 31.2 Å². The highest BCUT2D eigenvalue weighted by atomic mass is 35.5. The number of carbonyl (C=O) groups excluding carboxylic acids is 3. The number of ether oxygens (including phenoxy) is 1. The normalized spacial score (nSPS) is 19.0. The van der Waals surface area contributed by atoms with Gasteiger partial charge >= 0.3 is 11.9 Å². The molecule has 0 radical (unpaired) electrons. The van der Waals surface area contributed by atoms with E-state index in [-0.39, 0.29) is 27.0 Å². The number of esters is 1. The number of benzene rings is 3. The molecule has 178 valence electrons. The van der Waals surface area contributed by atoms with Gasteiger partial charge in [-0.1, -0.05) is 77.3 Å². The van der Waals surface area contributed by atoms with E-state index in [1.165, 1.54) is 12.1 Å². The number of rotatable bonds is 5. The van der Waals surface area contributed by atoms with Gasteiger partial charge in [-0.25, -0.2) is 4.79 Å². The van der Waals surface area contributed by atoms with Crippen molar-refractivity contribution < 1.29 is 24.2 Å². The number of para-hydroxylation sites is 2. The summed E-state index contributed by atoms with van der Waals surface area (Å²) in [7, 11) is 1.11. The van der Waals surface area contributed by atoms with E-state index < -0.39 is 34.7 Å². The molecule has 1 amide bonds. The van der Waals surface area contributed by atoms with Crippen LogP contribution >= 0.6 is 23.2 Å². The van der Waals surface area contributed by atoms with E-state index in [4.69, 9.17) is 27.9 Å². The quantitative estimate of drug-likeness (QED) is 0.213. The summed E-state index contributed by atoms with van der Waals surface area (Å²) < 4.78 is 5.09. The molecule has 1 heterocycles. The van der Waals surface area contributed by atoms with E-state index in [1.807, 2.05) is 6.92 Å². The van der Waals surface area contributed by atoms with Crippen LogP contribution in [0.15, 0.2) is 78.4 Å². The lowest BCUT2D eigenvalue weighted by Crippen LogP contribution is -2.59. The first-order valence-electron chi connectivity index (χ1n) is 10.5. The molecule has 3 aromatic rings. The molecule has 35 heavy (non-hydrogen) atoms. The molecule has 1 aliphatic heterocycles. The number of hydrogen-bond donors (Lipinski definition) is 2. The molecule has 2 N–H and O–H groups in total. The fourth-order valence-electron chi connectivity index (χ4n) is 3.97. The van der Waals surface area contributed by atoms with Gasteiger partial charge in [-0.2, -0.15) is 0 Å². The fourth-order valence-corrected chi connectivity index (χ4v) is 4.46. The number of ketones is 1. The maximum absolute atomic E-state index is 13.6. The Bertz CT molecular complexity index is 1340. The van der Waals surface area contributed by atoms with Crippen LogP contribution in [-0.4, -0.2) is 35.5 Å². The Kier molecular flexibility index (Phi) is 6.56. The minimum atomic E-state index is -2.33. The molecule has 9 heteroatoms. The van der Waals surface area contributed by atoms with Gasteiger partial charge in [0.25, 0.3) is 11.4 Å². The second-order valence-corrected chi connectivity index (χ2v) is 8.63. The second kappa shape index (κ2) is 9.44. The van der Waals surface area contributed by atoms with Crippen molar-refractivity contribution in [3.05, 3.63) is 99.5 Å². The number of halogens is 2. The molecule has 0 saturated carbocycles. The van der Waals surface area contributed by atoms with E-state index in [1.54, 1.807) is 60.7 Å². The smallest absolute Gasteiger partial charge is 0.358 e. The number of hydrogen-bond acceptors (Lipinski definition) is 6. The van der Waals surface area contributed by atoms with Crippen molar-refractivity contribution in [1.82, 2.24) is 0 Å². The van der Waals surface area contributed by atoms with Crippen molar-refractivity contribution in [1.29, 1.82) is 0 Å². The Labute approximate surface area is 211 Å². The number of methoxy groups -OCH3 is 1. The van der Waals surface area contributed by atoms with Crippen molar-refractivity contribution in [3.63, 3.8) is 0 Å². The van der Waals surface area contributed by atoms with E-state index in [0.29, 0.717) is 0 Å². The molecule has 1 unspecified atom stereocenters. The van der Waals surface area contributed by atoms with Gasteiger partial charge in [0, 0.05) is 11.3 Å². The Morgan fingerprint density at radius 3 is 2.11 bits per heavy atom. The Hall–Kier alpha value is -3.81. The number of nitrogens with one attached hydrogen (secondary N) is 1. The van der Waals surface area contributed by atoms with Crippen LogP contribution in [0.4, 0.5) is 11.4 Å². The van der Waals surface area contributed by atoms with Gasteiger partial charge in [0.2, 0.25) is 0 Å². The van der Waals surface area contributed by atoms with Crippen molar-refractivity contribution >= 4 is 58.0 Å². The first-order chi connectivity index (χ1) is 16.7. The topological polar surface area (TPSA) is 95.9 Å². The largest absolute Gasteiger partial charge is 0.507 e. The van der Waals surface area contributed by atoms with Crippen LogP contribution in [-0.2, 0) is 19.1 Å². The average molecular weight is 511 g/mol. The predicted octanol–water partition coefficient (Wildman–Crippen LogP) is 5.17. The predicted molar refractivity (Wildman–Crippen MR) is 134 cm³/mol. The molecule has 3 aromatic carbocycles. The first kappa shape index (κ1) is 24.3. The molecule has 0 bridgehead atoms. The van der Waals surface area contributed by atoms with Gasteiger partial charge < -0.3 is 15.2 Å². The van der Waals surface area contributed by atoms with E-state index >= 15 is 0 Å². The average Bonchev–Trinajstić information content (AvgIpc) is 3.08. The van der Waals surface area contributed by atoms with Crippen LogP contribution in [0.3, 0.4) is 0 Å². The highest BCUT2D eigenvalue weighted by Gasteiger charge is 2.63. The number of Topliss-reactive ketones (excluding diaryl/α,β-unsaturated/α-hetero) is 1. The minimum Gasteiger partial charge on any atom is -0.507 e. The Morgan fingerprint density at radius 1 is 0.943 bits per heavy atom. The zero-order chi connectivity index (χ0) is 25.3. The number of anilines is 2. The molecule has 0 aromatic heterocycles. The third-order valence-electron chi connectivity index (χ3n) is 5.65. The number of aryl methyl sites for hydroxylation is 1. The molecule has 0 spiro atoms. The molecule has 7 nitrogen and oxygen atoms in total. The van der Waals surface area contributed by atoms with Crippen LogP contribution in [0.25, 0.3) is 5.76 Å². The van der Waals surface area contributed by atoms with Crippen LogP contribution in [0.5, 0.6) is 0 Å². The van der Waals surface area contributed by atoms with Gasteiger partial charge in [0.1, 0.15) is 11.3 Å². The van der Waals surface area contributed by atoms with E-state index in [2.05, 4.69) is 5.32 Å². The van der Waals surface area contributed by atoms with Gasteiger partial charge in [0.05, 0.1) is 22.8 Å². The molecule has 1 fully saturated rings. The maximum atomic E-state index is 13.6. The second-order valence-electron chi connectivity index (χ2n) is 7.82. The molecule has 1 aliphatic rings. The summed E-state index contributed by atoms with van der Waals surface area (Å²) >= 11 is 12.8. The Morgan fingerprint density at radius 2 is 1.54 bits per heavy atom. The van der Waals surface area contributed by atoms with Crippen LogP contribution in [0.2, 0.25) is 10.0 Å². The first-order valence-corrected chi connectivity index (χ1v) is 11.2. The minimum absolute atomic E-state index is 0.0684. The van der Waals surface area contributed by atoms with Gasteiger partial charge in [-0.3, -0.25) is 14.5 Å². The molecular formula is C26H20Cl2N2O5. The standard InChI is InChI=1S/C26H20Cl2N2O5/c1-15-11-13-16(14-12-15)22(31)20-23(32)24(33)30(17-7-4-3-5-8-17)26(20,25(34)35-2)29-21-18(27)9-6-10-19(21)28/h3-14,29,31H,1-2H3. The van der Waals surface area contributed by atoms with Crippen LogP contribution in [0.1, 0.15) is 11.1 Å². The summed E-state index contributed by atoms with van der Waals surface area (Å²) in [5, 5.41) is 14.5. The third kappa shape index (κ3) is 4.03. The lowest BCUT2D eigenvalue weighted by molar-refractivity contribution is -0.145. The van der Waals surface area contributed by atoms with E-state index in [9.17, 15) is 19.5 Å². The van der Waals surface area contributed by atoms with Crippen LogP contribution < -0.4 is 10.2 Å². The molecule has 1 atom stereocenters. The number of nitrogens with zero attached hydrogens (tertiary/aromatic N) is 1. The van der Waals surface area contributed by atoms with Crippen molar-refractivity contribution in [2.24, 2.45) is 0 Å². The number of aliphatic hydroxyl groups is 1. The van der Waals surface area contributed by atoms with Crippen molar-refractivity contribution in [2.45, 2.75) is 12.6 Å². The summed E-state index contributed by atoms with van der Waals surface area (Å²) in [6, 6.07) is 19.3. The summed E-state index contributed by atoms with van der Waals surface area (Å²) in [5.41, 5.74) is -1.43.